The van der Waals surface area contributed by atoms with Crippen molar-refractivity contribution in [3.05, 3.63) is 59.7 Å². The van der Waals surface area contributed by atoms with Crippen molar-refractivity contribution in [2.75, 3.05) is 45.2 Å². The van der Waals surface area contributed by atoms with Gasteiger partial charge in [-0.3, -0.25) is 4.79 Å². The number of likely N-dealkylation sites (N-methyl/N-ethyl adjacent to an activating group) is 1. The summed E-state index contributed by atoms with van der Waals surface area (Å²) >= 11 is 0. The Bertz CT molecular complexity index is 851. The third kappa shape index (κ3) is 8.28. The second-order valence-electron chi connectivity index (χ2n) is 7.84. The molecule has 0 aliphatic carbocycles. The fraction of sp³-hybridized carbons (Fsp3) is 0.440. The van der Waals surface area contributed by atoms with E-state index in [4.69, 9.17) is 9.47 Å². The van der Waals surface area contributed by atoms with Crippen molar-refractivity contribution < 1.29 is 40.5 Å². The number of hydrogen-bond acceptors (Lipinski definition) is 4. The van der Waals surface area contributed by atoms with Crippen LogP contribution in [0.3, 0.4) is 0 Å². The molecule has 32 heavy (non-hydrogen) atoms. The molecular weight excluding hydrogens is 472 g/mol. The molecule has 0 saturated carbocycles. The van der Waals surface area contributed by atoms with Crippen LogP contribution >= 0.6 is 0 Å². The highest BCUT2D eigenvalue weighted by Crippen LogP contribution is 2.20. The van der Waals surface area contributed by atoms with Crippen LogP contribution < -0.4 is 27.0 Å². The van der Waals surface area contributed by atoms with Gasteiger partial charge in [0, 0.05) is 5.69 Å². The lowest BCUT2D eigenvalue weighted by atomic mass is 10.1. The van der Waals surface area contributed by atoms with Gasteiger partial charge in [0.1, 0.15) is 18.9 Å². The number of esters is 1. The van der Waals surface area contributed by atoms with Gasteiger partial charge in [0.2, 0.25) is 0 Å². The highest BCUT2D eigenvalue weighted by Gasteiger charge is 2.18. The average Bonchev–Trinajstić information content (AvgIpc) is 2.79. The number of ether oxygens (including phenoxy) is 2. The number of halogens is 1. The van der Waals surface area contributed by atoms with Crippen LogP contribution in [-0.4, -0.2) is 56.3 Å². The number of unbranched alkanes of at least 4 members (excludes halogenated alkanes) is 1. The van der Waals surface area contributed by atoms with E-state index in [2.05, 4.69) is 33.1 Å². The van der Waals surface area contributed by atoms with E-state index in [-0.39, 0.29) is 28.9 Å². The monoisotopic (exact) mass is 506 g/mol. The maximum absolute atomic E-state index is 12.7. The third-order valence-electron chi connectivity index (χ3n) is 5.66. The summed E-state index contributed by atoms with van der Waals surface area (Å²) in [7, 11) is 2.15. The summed E-state index contributed by atoms with van der Waals surface area (Å²) in [4.78, 5) is 25.0. The Balaban J connectivity index is 0.00000512. The molecule has 0 aromatic heterocycles. The van der Waals surface area contributed by atoms with Crippen LogP contribution in [0.15, 0.2) is 48.5 Å². The molecule has 2 aromatic rings. The lowest BCUT2D eigenvalue weighted by Gasteiger charge is -2.31. The van der Waals surface area contributed by atoms with Crippen LogP contribution in [0.5, 0.6) is 5.75 Å². The SMILES string of the molecule is CCCCOc1ccccc1C(=O)Nc1ccc(C(=O)OCC[N+](C)(CC)CC)cc1.[Br-]. The Hall–Kier alpha value is -2.38. The summed E-state index contributed by atoms with van der Waals surface area (Å²) in [5.41, 5.74) is 1.55. The molecule has 0 aliphatic heterocycles. The zero-order valence-electron chi connectivity index (χ0n) is 19.5. The summed E-state index contributed by atoms with van der Waals surface area (Å²) in [6.45, 7) is 10.1. The van der Waals surface area contributed by atoms with Gasteiger partial charge in [0.15, 0.2) is 0 Å². The van der Waals surface area contributed by atoms with E-state index < -0.39 is 0 Å². The largest absolute Gasteiger partial charge is 1.00 e. The van der Waals surface area contributed by atoms with E-state index in [1.165, 1.54) is 0 Å². The number of amides is 1. The maximum Gasteiger partial charge on any atom is 0.338 e. The number of hydrogen-bond donors (Lipinski definition) is 1. The number of carbonyl (C=O) groups is 2. The molecule has 0 aliphatic rings. The minimum atomic E-state index is -0.355. The minimum absolute atomic E-state index is 0. The van der Waals surface area contributed by atoms with E-state index in [1.807, 2.05) is 12.1 Å². The zero-order chi connectivity index (χ0) is 22.7. The molecule has 0 heterocycles. The van der Waals surface area contributed by atoms with Crippen molar-refractivity contribution in [1.82, 2.24) is 0 Å². The molecular formula is C25H35BrN2O4. The first-order valence-electron chi connectivity index (χ1n) is 11.1. The molecule has 0 atom stereocenters. The van der Waals surface area contributed by atoms with Crippen molar-refractivity contribution in [3.8, 4) is 5.75 Å². The van der Waals surface area contributed by atoms with Gasteiger partial charge in [-0.25, -0.2) is 4.79 Å². The van der Waals surface area contributed by atoms with Crippen LogP contribution in [-0.2, 0) is 4.74 Å². The first kappa shape index (κ1) is 27.7. The third-order valence-corrected chi connectivity index (χ3v) is 5.66. The lowest BCUT2D eigenvalue weighted by molar-refractivity contribution is -0.906. The highest BCUT2D eigenvalue weighted by molar-refractivity contribution is 6.06. The summed E-state index contributed by atoms with van der Waals surface area (Å²) in [6, 6.07) is 13.9. The van der Waals surface area contributed by atoms with Crippen LogP contribution in [0.2, 0.25) is 0 Å². The predicted molar refractivity (Wildman–Crippen MR) is 124 cm³/mol. The quantitative estimate of drug-likeness (QED) is 0.270. The van der Waals surface area contributed by atoms with Crippen molar-refractivity contribution in [2.45, 2.75) is 33.6 Å². The van der Waals surface area contributed by atoms with E-state index in [0.717, 1.165) is 37.0 Å². The fourth-order valence-electron chi connectivity index (χ4n) is 2.98. The standard InChI is InChI=1S/C25H34N2O4.BrH/c1-5-8-18-30-23-12-10-9-11-22(23)24(28)26-21-15-13-20(14-16-21)25(29)31-19-17-27(4,6-2)7-3;/h9-16H,5-8,17-19H2,1-4H3;1H. The van der Waals surface area contributed by atoms with Crippen LogP contribution in [0, 0.1) is 0 Å². The predicted octanol–water partition coefficient (Wildman–Crippen LogP) is 1.77. The molecule has 0 bridgehead atoms. The summed E-state index contributed by atoms with van der Waals surface area (Å²) < 4.78 is 12.0. The van der Waals surface area contributed by atoms with Gasteiger partial charge in [0.25, 0.3) is 5.91 Å². The van der Waals surface area contributed by atoms with Crippen molar-refractivity contribution in [1.29, 1.82) is 0 Å². The second kappa shape index (κ2) is 13.9. The number of nitrogens with zero attached hydrogens (tertiary/aromatic N) is 1. The van der Waals surface area contributed by atoms with Gasteiger partial charge in [-0.15, -0.1) is 0 Å². The van der Waals surface area contributed by atoms with Gasteiger partial charge >= 0.3 is 5.97 Å². The molecule has 1 N–H and O–H groups in total. The van der Waals surface area contributed by atoms with Crippen LogP contribution in [0.4, 0.5) is 5.69 Å². The molecule has 2 rings (SSSR count). The molecule has 0 unspecified atom stereocenters. The van der Waals surface area contributed by atoms with Crippen LogP contribution in [0.25, 0.3) is 0 Å². The second-order valence-corrected chi connectivity index (χ2v) is 7.84. The van der Waals surface area contributed by atoms with E-state index >= 15 is 0 Å². The molecule has 0 radical (unpaired) electrons. The molecule has 0 fully saturated rings. The Labute approximate surface area is 202 Å². The van der Waals surface area contributed by atoms with Crippen molar-refractivity contribution in [3.63, 3.8) is 0 Å². The number of nitrogens with one attached hydrogen (secondary N) is 1. The highest BCUT2D eigenvalue weighted by atomic mass is 79.9. The topological polar surface area (TPSA) is 64.6 Å². The first-order valence-corrected chi connectivity index (χ1v) is 11.1. The molecule has 176 valence electrons. The molecule has 0 spiro atoms. The number of para-hydroxylation sites is 1. The summed E-state index contributed by atoms with van der Waals surface area (Å²) in [5.74, 6) is -0.0388. The fourth-order valence-corrected chi connectivity index (χ4v) is 2.98. The average molecular weight is 507 g/mol. The van der Waals surface area contributed by atoms with Crippen LogP contribution in [0.1, 0.15) is 54.3 Å². The van der Waals surface area contributed by atoms with Gasteiger partial charge < -0.3 is 36.3 Å². The van der Waals surface area contributed by atoms with E-state index in [0.29, 0.717) is 35.8 Å². The number of quaternary nitrogens is 1. The Kier molecular flexibility index (Phi) is 12.0. The molecule has 1 amide bonds. The van der Waals surface area contributed by atoms with Crippen molar-refractivity contribution in [2.24, 2.45) is 0 Å². The number of rotatable bonds is 12. The van der Waals surface area contributed by atoms with E-state index in [9.17, 15) is 9.59 Å². The minimum Gasteiger partial charge on any atom is -1.00 e. The van der Waals surface area contributed by atoms with Gasteiger partial charge in [-0.2, -0.15) is 0 Å². The summed E-state index contributed by atoms with van der Waals surface area (Å²) in [6.07, 6.45) is 1.96. The number of carbonyl (C=O) groups excluding carboxylic acids is 2. The van der Waals surface area contributed by atoms with Crippen molar-refractivity contribution >= 4 is 17.6 Å². The lowest BCUT2D eigenvalue weighted by Crippen LogP contribution is -3.00. The molecule has 2 aromatic carbocycles. The first-order chi connectivity index (χ1) is 14.9. The maximum atomic E-state index is 12.7. The Morgan fingerprint density at radius 3 is 2.22 bits per heavy atom. The van der Waals surface area contributed by atoms with Gasteiger partial charge in [-0.05, 0) is 56.7 Å². The van der Waals surface area contributed by atoms with Gasteiger partial charge in [-0.1, -0.05) is 25.5 Å². The number of benzene rings is 2. The molecule has 0 saturated heterocycles. The molecule has 6 nitrogen and oxygen atoms in total. The normalized spacial score (nSPS) is 10.8. The smallest absolute Gasteiger partial charge is 0.338 e. The Morgan fingerprint density at radius 1 is 0.938 bits per heavy atom. The van der Waals surface area contributed by atoms with Gasteiger partial charge in [0.05, 0.1) is 37.9 Å². The van der Waals surface area contributed by atoms with E-state index in [1.54, 1.807) is 36.4 Å². The Morgan fingerprint density at radius 2 is 1.59 bits per heavy atom. The molecule has 7 heteroatoms. The summed E-state index contributed by atoms with van der Waals surface area (Å²) in [5, 5.41) is 2.86. The number of anilines is 1. The zero-order valence-corrected chi connectivity index (χ0v) is 21.1.